The SMILES string of the molecule is O=C=c1cccc(P(=C=O)(c2ccccc2)c2ccccc2)c1=C=O.[CoH]. The molecule has 0 atom stereocenters. The maximum absolute atomic E-state index is 12.4. The van der Waals surface area contributed by atoms with Crippen LogP contribution in [0.15, 0.2) is 78.9 Å². The summed E-state index contributed by atoms with van der Waals surface area (Å²) >= 11 is 0. The van der Waals surface area contributed by atoms with Gasteiger partial charge in [-0.05, 0) is 16.7 Å². The van der Waals surface area contributed by atoms with Crippen molar-refractivity contribution in [3.05, 3.63) is 89.3 Å². The van der Waals surface area contributed by atoms with Gasteiger partial charge < -0.3 is 0 Å². The number of rotatable bonds is 3. The Bertz CT molecular complexity index is 1110. The molecule has 0 aromatic heterocycles. The van der Waals surface area contributed by atoms with E-state index in [-0.39, 0.29) is 27.2 Å². The van der Waals surface area contributed by atoms with Crippen molar-refractivity contribution in [2.75, 3.05) is 0 Å². The van der Waals surface area contributed by atoms with Gasteiger partial charge in [0.2, 0.25) is 0 Å². The zero-order chi connectivity index (χ0) is 17.7. The summed E-state index contributed by atoms with van der Waals surface area (Å²) < 4.78 is 0. The Balaban J connectivity index is 0.00000243. The van der Waals surface area contributed by atoms with Gasteiger partial charge in [-0.2, -0.15) is 0 Å². The van der Waals surface area contributed by atoms with Gasteiger partial charge in [0.25, 0.3) is 0 Å². The molecule has 26 heavy (non-hydrogen) atoms. The fraction of sp³-hybridized carbons (Fsp3) is 0. The predicted molar refractivity (Wildman–Crippen MR) is 101 cm³/mol. The van der Waals surface area contributed by atoms with E-state index in [1.807, 2.05) is 66.6 Å². The molecule has 3 aromatic rings. The van der Waals surface area contributed by atoms with Gasteiger partial charge in [-0.25, -0.2) is 14.4 Å². The third-order valence-corrected chi connectivity index (χ3v) is 7.55. The first-order valence-electron chi connectivity index (χ1n) is 7.57. The van der Waals surface area contributed by atoms with Crippen molar-refractivity contribution >= 4 is 40.3 Å². The predicted octanol–water partition coefficient (Wildman–Crippen LogP) is -0.216. The van der Waals surface area contributed by atoms with E-state index in [4.69, 9.17) is 0 Å². The average molecular weight is 404 g/mol. The van der Waals surface area contributed by atoms with E-state index in [0.717, 1.165) is 10.6 Å². The molecule has 0 N–H and O–H groups in total. The first-order valence-corrected chi connectivity index (χ1v) is 9.36. The summed E-state index contributed by atoms with van der Waals surface area (Å²) in [5.74, 6) is 3.59. The van der Waals surface area contributed by atoms with Gasteiger partial charge in [-0.3, -0.25) is 0 Å². The normalized spacial score (nSPS) is 10.0. The Hall–Kier alpha value is -2.66. The van der Waals surface area contributed by atoms with Gasteiger partial charge in [-0.15, -0.1) is 0 Å². The van der Waals surface area contributed by atoms with Crippen LogP contribution in [0.5, 0.6) is 0 Å². The Morgan fingerprint density at radius 2 is 1.15 bits per heavy atom. The van der Waals surface area contributed by atoms with Crippen LogP contribution in [0.4, 0.5) is 0 Å². The molecule has 3 aromatic carbocycles. The first kappa shape index (κ1) is 19.7. The van der Waals surface area contributed by atoms with Gasteiger partial charge in [0.05, 0.1) is 17.3 Å². The molecule has 0 fully saturated rings. The van der Waals surface area contributed by atoms with Gasteiger partial charge in [0.15, 0.2) is 0 Å². The Labute approximate surface area is 160 Å². The summed E-state index contributed by atoms with van der Waals surface area (Å²) in [5.41, 5.74) is 2.24. The molecule has 0 bridgehead atoms. The van der Waals surface area contributed by atoms with Crippen molar-refractivity contribution in [2.24, 2.45) is 0 Å². The fourth-order valence-electron chi connectivity index (χ4n) is 2.90. The fourth-order valence-corrected chi connectivity index (χ4v) is 6.11. The molecule has 0 saturated heterocycles. The van der Waals surface area contributed by atoms with E-state index in [1.165, 1.54) is 6.07 Å². The molecular weight excluding hydrogens is 390 g/mol. The van der Waals surface area contributed by atoms with Crippen LogP contribution in [0.3, 0.4) is 0 Å². The van der Waals surface area contributed by atoms with Crippen LogP contribution in [0, 0.1) is 0 Å². The summed E-state index contributed by atoms with van der Waals surface area (Å²) in [6.07, 6.45) is 0. The molecule has 0 spiro atoms. The van der Waals surface area contributed by atoms with E-state index >= 15 is 0 Å². The Morgan fingerprint density at radius 3 is 1.58 bits per heavy atom. The number of benzene rings is 3. The zero-order valence-corrected chi connectivity index (χ0v) is 15.5. The molecule has 1 radical (unpaired) electrons. The minimum absolute atomic E-state index is 0. The number of hydrogen-bond donors (Lipinski definition) is 0. The first-order chi connectivity index (χ1) is 12.3. The monoisotopic (exact) mass is 404 g/mol. The third-order valence-electron chi connectivity index (χ3n) is 4.04. The molecule has 0 saturated carbocycles. The van der Waals surface area contributed by atoms with Crippen molar-refractivity contribution in [3.8, 4) is 0 Å². The molecule has 0 aliphatic heterocycles. The van der Waals surface area contributed by atoms with Crippen molar-refractivity contribution in [1.29, 1.82) is 0 Å². The van der Waals surface area contributed by atoms with Crippen molar-refractivity contribution in [2.45, 2.75) is 0 Å². The molecule has 3 rings (SSSR count). The van der Waals surface area contributed by atoms with Gasteiger partial charge in [0.1, 0.15) is 17.5 Å². The van der Waals surface area contributed by atoms with E-state index in [1.54, 1.807) is 18.1 Å². The third kappa shape index (κ3) is 3.22. The van der Waals surface area contributed by atoms with Crippen LogP contribution >= 0.6 is 6.89 Å². The maximum atomic E-state index is 12.4. The molecule has 5 heteroatoms. The van der Waals surface area contributed by atoms with Crippen molar-refractivity contribution in [3.63, 3.8) is 0 Å². The molecular formula is C21H14CoO3P. The van der Waals surface area contributed by atoms with E-state index in [0.29, 0.717) is 5.30 Å². The molecule has 0 aliphatic rings. The molecule has 0 aliphatic carbocycles. The van der Waals surface area contributed by atoms with Crippen LogP contribution in [-0.4, -0.2) is 17.5 Å². The Kier molecular flexibility index (Phi) is 6.52. The second kappa shape index (κ2) is 8.62. The van der Waals surface area contributed by atoms with Gasteiger partial charge in [-0.1, -0.05) is 72.8 Å². The summed E-state index contributed by atoms with van der Waals surface area (Å²) in [6, 6.07) is 23.3. The number of hydrogen-bond acceptors (Lipinski definition) is 3. The topological polar surface area (TPSA) is 51.2 Å². The van der Waals surface area contributed by atoms with Gasteiger partial charge >= 0.3 is 16.8 Å². The summed E-state index contributed by atoms with van der Waals surface area (Å²) in [4.78, 5) is 35.2. The number of carbonyl (C=O) groups excluding carboxylic acids is 3. The molecule has 0 amide bonds. The Morgan fingerprint density at radius 1 is 0.615 bits per heavy atom. The van der Waals surface area contributed by atoms with Crippen LogP contribution in [-0.2, 0) is 31.2 Å². The molecule has 130 valence electrons. The van der Waals surface area contributed by atoms with E-state index in [2.05, 4.69) is 5.66 Å². The van der Waals surface area contributed by atoms with Crippen LogP contribution in [0.25, 0.3) is 0 Å². The van der Waals surface area contributed by atoms with Gasteiger partial charge in [0, 0.05) is 5.30 Å². The standard InChI is InChI=1S/C21H13O3P.Co.H/c22-14-17-8-7-13-21(20(17)15-23)25(16-24,18-9-3-1-4-10-18)19-11-5-2-6-12-19;;/h1-13H;;. The van der Waals surface area contributed by atoms with Crippen LogP contribution in [0.2, 0.25) is 0 Å². The minimum atomic E-state index is -2.88. The second-order valence-corrected chi connectivity index (χ2v) is 8.38. The molecule has 3 nitrogen and oxygen atoms in total. The van der Waals surface area contributed by atoms with Crippen LogP contribution in [0.1, 0.15) is 0 Å². The van der Waals surface area contributed by atoms with Crippen molar-refractivity contribution in [1.82, 2.24) is 0 Å². The summed E-state index contributed by atoms with van der Waals surface area (Å²) in [6.45, 7) is -2.88. The quantitative estimate of drug-likeness (QED) is 0.568. The zero-order valence-electron chi connectivity index (χ0n) is 13.5. The molecule has 0 unspecified atom stereocenters. The van der Waals surface area contributed by atoms with Crippen LogP contribution < -0.4 is 26.4 Å². The average Bonchev–Trinajstić information content (AvgIpc) is 2.70. The molecule has 0 heterocycles. The van der Waals surface area contributed by atoms with E-state index in [9.17, 15) is 14.4 Å². The van der Waals surface area contributed by atoms with Crippen molar-refractivity contribution < 1.29 is 31.2 Å². The van der Waals surface area contributed by atoms with E-state index < -0.39 is 6.89 Å². The summed E-state index contributed by atoms with van der Waals surface area (Å²) in [7, 11) is 0. The summed E-state index contributed by atoms with van der Waals surface area (Å²) in [5, 5.41) is 2.16. The second-order valence-electron chi connectivity index (χ2n) is 5.34.